The monoisotopic (exact) mass is 1700 g/mol. The molecular weight excluding hydrogens is 1500 g/mol. The fourth-order valence-electron chi connectivity index (χ4n) is 31.5. The number of hydrogen-bond donors (Lipinski definition) is 0. The Morgan fingerprint density at radius 3 is 0.976 bits per heavy atom. The third-order valence-corrected chi connectivity index (χ3v) is 37.4. The number of fused-ring (bicyclic) bond motifs is 7. The minimum atomic E-state index is 0.180. The second-order valence-corrected chi connectivity index (χ2v) is 50.7. The van der Waals surface area contributed by atoms with E-state index in [2.05, 4.69) is 373 Å². The topological polar surface area (TPSA) is 0 Å². The average molecular weight is 1700 g/mol. The van der Waals surface area contributed by atoms with Crippen molar-refractivity contribution in [2.24, 2.45) is 204 Å². The molecule has 0 aromatic carbocycles. The van der Waals surface area contributed by atoms with Crippen molar-refractivity contribution >= 4 is 0 Å². The van der Waals surface area contributed by atoms with Crippen LogP contribution < -0.4 is 0 Å². The van der Waals surface area contributed by atoms with Crippen LogP contribution in [0.15, 0.2) is 203 Å². The Labute approximate surface area is 778 Å². The maximum atomic E-state index is 4.22. The summed E-state index contributed by atoms with van der Waals surface area (Å²) in [6.07, 6.45) is 62.7. The van der Waals surface area contributed by atoms with Crippen molar-refractivity contribution in [2.75, 3.05) is 0 Å². The molecule has 0 heterocycles. The number of allylic oxidation sites excluding steroid dienone is 28. The Hall–Kier alpha value is -4.42. The highest BCUT2D eigenvalue weighted by atomic mass is 14.6. The van der Waals surface area contributed by atoms with Crippen LogP contribution in [0.4, 0.5) is 0 Å². The Balaban J connectivity index is 0.000000181. The summed E-state index contributed by atoms with van der Waals surface area (Å²) in [5.74, 6) is 22.6. The van der Waals surface area contributed by atoms with E-state index in [-0.39, 0.29) is 10.8 Å². The first-order valence-corrected chi connectivity index (χ1v) is 52.9. The molecule has 0 saturated heterocycles. The summed E-state index contributed by atoms with van der Waals surface area (Å²) < 4.78 is 0. The Morgan fingerprint density at radius 1 is 0.288 bits per heavy atom. The molecule has 0 N–H and O–H groups in total. The van der Waals surface area contributed by atoms with Crippen LogP contribution in [0.3, 0.4) is 0 Å². The van der Waals surface area contributed by atoms with Crippen molar-refractivity contribution in [1.82, 2.24) is 0 Å². The van der Waals surface area contributed by atoms with Crippen LogP contribution in [0.2, 0.25) is 0 Å². The SMILES string of the molecule is C=C1C=C2CCC(C(C)C)C(C(C)C)[C@@]2(C)CC1.C=C1C=C2CCC(C(C)C)C(C(C)C)[C@@]2(C)CC1.C=C1C=C[C@@]2(C)C(=C1)C=CC(C(C)C)C2C(C)C.C=C1C=C[C@@]2(C)C(=C1)CCC(C(C)C)C2C(C)C.C=C1CC[C@@]2(C)C(=CCC(C(C)C)C2C(C)C)C1.C=C1CC[C@@]2(C)C(=CCC(C(C)C)C2C(C)C)C1.CC(C)C1CCC2=CC=CC[C@]2(C)C1C(C)C. The molecule has 0 aliphatic heterocycles. The molecule has 0 aromatic rings. The predicted octanol–water partition coefficient (Wildman–Crippen LogP) is 38.2. The van der Waals surface area contributed by atoms with Crippen molar-refractivity contribution in [2.45, 2.75) is 377 Å². The van der Waals surface area contributed by atoms with Gasteiger partial charge < -0.3 is 0 Å². The standard InChI is InChI=1S/4C18H30.C18H28.C18H26.C17H28/c6*1-12(2)16-8-7-15-11-14(5)9-10-18(15,6)17(16)13(3)4;1-12(2)15-10-9-14-8-6-7-11-17(14,5)16(15)13(3)4/h2*11-13,16-17H,5,7-10H2,1-4,6H3;2*7,12-13,16-17H,5,8-11H2,1-4,6H3;9-13,16-17H,5,7-8H2,1-4,6H3;7-13,16-17H,5H2,1-4,6H3;6-8,12-13,15-16H,9-11H2,1-5H3/t6*16?,17?,18-;15?,16?,17-/m0000000/s1. The maximum Gasteiger partial charge on any atom is 0.0143 e. The minimum Gasteiger partial charge on any atom is -0.0995 e. The molecule has 21 atom stereocenters. The van der Waals surface area contributed by atoms with Crippen molar-refractivity contribution < 1.29 is 0 Å². The molecule has 14 unspecified atom stereocenters. The van der Waals surface area contributed by atoms with Crippen LogP contribution in [-0.4, -0.2) is 0 Å². The summed E-state index contributed by atoms with van der Waals surface area (Å²) >= 11 is 0. The van der Waals surface area contributed by atoms with Crippen LogP contribution in [-0.2, 0) is 0 Å². The number of hydrogen-bond acceptors (Lipinski definition) is 0. The summed E-state index contributed by atoms with van der Waals surface area (Å²) in [6, 6.07) is 0. The molecule has 0 bridgehead atoms. The van der Waals surface area contributed by atoms with Gasteiger partial charge in [-0.25, -0.2) is 0 Å². The molecular formula is C125H202. The lowest BCUT2D eigenvalue weighted by atomic mass is 9.52. The number of rotatable bonds is 14. The fraction of sp³-hybridized carbons (Fsp3) is 0.728. The molecule has 702 valence electrons. The van der Waals surface area contributed by atoms with Crippen LogP contribution in [0, 0.1) is 204 Å². The van der Waals surface area contributed by atoms with E-state index in [4.69, 9.17) is 0 Å². The maximum absolute atomic E-state index is 4.22. The highest BCUT2D eigenvalue weighted by Gasteiger charge is 2.55. The summed E-state index contributed by atoms with van der Waals surface area (Å²) in [5, 5.41) is 0. The zero-order valence-electron chi connectivity index (χ0n) is 88.9. The third kappa shape index (κ3) is 23.3. The molecule has 0 amide bonds. The molecule has 0 radical (unpaired) electrons. The summed E-state index contributed by atoms with van der Waals surface area (Å²) in [4.78, 5) is 0. The molecule has 6 fully saturated rings. The van der Waals surface area contributed by atoms with Gasteiger partial charge in [-0.2, -0.15) is 0 Å². The lowest BCUT2D eigenvalue weighted by Crippen LogP contribution is -2.44. The van der Waals surface area contributed by atoms with E-state index in [0.717, 1.165) is 148 Å². The Kier molecular flexibility index (Phi) is 36.9. The van der Waals surface area contributed by atoms with Gasteiger partial charge in [0.25, 0.3) is 0 Å². The minimum absolute atomic E-state index is 0.180. The van der Waals surface area contributed by atoms with Gasteiger partial charge in [-0.3, -0.25) is 0 Å². The quantitative estimate of drug-likeness (QED) is 0.152. The highest BCUT2D eigenvalue weighted by Crippen LogP contribution is 2.64. The van der Waals surface area contributed by atoms with Gasteiger partial charge in [-0.1, -0.05) is 429 Å². The van der Waals surface area contributed by atoms with E-state index in [1.807, 2.05) is 0 Å². The van der Waals surface area contributed by atoms with E-state index in [9.17, 15) is 0 Å². The normalized spacial score (nSPS) is 36.5. The van der Waals surface area contributed by atoms with E-state index >= 15 is 0 Å². The largest absolute Gasteiger partial charge is 0.0995 e. The average Bonchev–Trinajstić information content (AvgIpc) is 0.770. The lowest BCUT2D eigenvalue weighted by Gasteiger charge is -2.53. The fourth-order valence-corrected chi connectivity index (χ4v) is 31.5. The van der Waals surface area contributed by atoms with Crippen LogP contribution in [0.25, 0.3) is 0 Å². The van der Waals surface area contributed by atoms with E-state index in [1.165, 1.54) is 168 Å². The molecule has 0 aromatic heterocycles. The van der Waals surface area contributed by atoms with Crippen molar-refractivity contribution in [3.05, 3.63) is 203 Å². The zero-order chi connectivity index (χ0) is 93.6. The first-order valence-electron chi connectivity index (χ1n) is 52.9. The van der Waals surface area contributed by atoms with Gasteiger partial charge in [0.05, 0.1) is 0 Å². The molecule has 6 saturated carbocycles. The molecule has 0 nitrogen and oxygen atoms in total. The van der Waals surface area contributed by atoms with Gasteiger partial charge >= 0.3 is 0 Å². The van der Waals surface area contributed by atoms with Crippen LogP contribution in [0.5, 0.6) is 0 Å². The van der Waals surface area contributed by atoms with Gasteiger partial charge in [0, 0.05) is 10.8 Å². The van der Waals surface area contributed by atoms with Gasteiger partial charge in [-0.15, -0.1) is 0 Å². The predicted molar refractivity (Wildman–Crippen MR) is 558 cm³/mol. The second kappa shape index (κ2) is 43.5. The molecule has 0 spiro atoms. The van der Waals surface area contributed by atoms with Gasteiger partial charge in [0.2, 0.25) is 0 Å². The highest BCUT2D eigenvalue weighted by molar-refractivity contribution is 5.49. The van der Waals surface area contributed by atoms with Crippen molar-refractivity contribution in [3.63, 3.8) is 0 Å². The molecule has 14 rings (SSSR count). The second-order valence-electron chi connectivity index (χ2n) is 50.7. The smallest absolute Gasteiger partial charge is 0.0143 e. The van der Waals surface area contributed by atoms with Gasteiger partial charge in [-0.05, 0) is 344 Å². The first kappa shape index (κ1) is 106. The van der Waals surface area contributed by atoms with Gasteiger partial charge in [0.15, 0.2) is 0 Å². The van der Waals surface area contributed by atoms with E-state index in [1.54, 1.807) is 33.4 Å². The van der Waals surface area contributed by atoms with Crippen LogP contribution in [0.1, 0.15) is 377 Å². The summed E-state index contributed by atoms with van der Waals surface area (Å²) in [6.45, 7) is 110. The molecule has 14 aliphatic rings. The Morgan fingerprint density at radius 2 is 0.608 bits per heavy atom. The first-order chi connectivity index (χ1) is 58.1. The zero-order valence-corrected chi connectivity index (χ0v) is 88.9. The van der Waals surface area contributed by atoms with Crippen LogP contribution >= 0.6 is 0 Å². The molecule has 125 heavy (non-hydrogen) atoms. The third-order valence-electron chi connectivity index (χ3n) is 37.4. The summed E-state index contributed by atoms with van der Waals surface area (Å²) in [7, 11) is 0. The van der Waals surface area contributed by atoms with Crippen molar-refractivity contribution in [3.8, 4) is 0 Å². The van der Waals surface area contributed by atoms with E-state index in [0.29, 0.717) is 50.7 Å². The summed E-state index contributed by atoms with van der Waals surface area (Å²) in [5.41, 5.74) is 22.2. The molecule has 14 aliphatic carbocycles. The molecule has 0 heteroatoms. The van der Waals surface area contributed by atoms with E-state index < -0.39 is 0 Å². The lowest BCUT2D eigenvalue weighted by molar-refractivity contribution is 0.0343. The van der Waals surface area contributed by atoms with Gasteiger partial charge in [0.1, 0.15) is 0 Å². The van der Waals surface area contributed by atoms with Crippen molar-refractivity contribution in [1.29, 1.82) is 0 Å². The Bertz CT molecular complexity index is 3890.